The molecule has 0 aliphatic carbocycles. The molecule has 0 aliphatic rings. The van der Waals surface area contributed by atoms with Crippen LogP contribution in [0.3, 0.4) is 0 Å². The van der Waals surface area contributed by atoms with Gasteiger partial charge in [0.25, 0.3) is 11.8 Å². The van der Waals surface area contributed by atoms with E-state index in [1.54, 1.807) is 42.5 Å². The van der Waals surface area contributed by atoms with Crippen LogP contribution in [-0.4, -0.2) is 22.0 Å². The number of H-pyrrole nitrogens is 1. The van der Waals surface area contributed by atoms with E-state index in [1.807, 2.05) is 30.3 Å². The molecule has 2 aromatic carbocycles. The molecule has 2 amide bonds. The molecule has 0 unspecified atom stereocenters. The average Bonchev–Trinajstić information content (AvgIpc) is 3.41. The van der Waals surface area contributed by atoms with Gasteiger partial charge in [-0.15, -0.1) is 0 Å². The summed E-state index contributed by atoms with van der Waals surface area (Å²) in [4.78, 5) is 24.6. The van der Waals surface area contributed by atoms with Crippen molar-refractivity contribution in [2.75, 3.05) is 10.6 Å². The van der Waals surface area contributed by atoms with Gasteiger partial charge in [-0.2, -0.15) is 5.10 Å². The first kappa shape index (κ1) is 17.3. The summed E-state index contributed by atoms with van der Waals surface area (Å²) < 4.78 is 5.07. The Hall–Kier alpha value is -4.13. The second-order valence-corrected chi connectivity index (χ2v) is 6.00. The van der Waals surface area contributed by atoms with Crippen LogP contribution < -0.4 is 10.6 Å². The van der Waals surface area contributed by atoms with E-state index in [0.29, 0.717) is 22.8 Å². The zero-order valence-electron chi connectivity index (χ0n) is 14.7. The molecule has 3 N–H and O–H groups in total. The van der Waals surface area contributed by atoms with Crippen LogP contribution in [0.2, 0.25) is 0 Å². The molecule has 0 fully saturated rings. The smallest absolute Gasteiger partial charge is 0.291 e. The Morgan fingerprint density at radius 2 is 1.57 bits per heavy atom. The van der Waals surface area contributed by atoms with Crippen molar-refractivity contribution in [1.82, 2.24) is 10.2 Å². The lowest BCUT2D eigenvalue weighted by molar-refractivity contribution is 0.0994. The van der Waals surface area contributed by atoms with E-state index < -0.39 is 0 Å². The van der Waals surface area contributed by atoms with Crippen molar-refractivity contribution >= 4 is 23.2 Å². The Morgan fingerprint density at radius 3 is 2.29 bits per heavy atom. The van der Waals surface area contributed by atoms with Gasteiger partial charge in [0.2, 0.25) is 0 Å². The van der Waals surface area contributed by atoms with Gasteiger partial charge in [-0.1, -0.05) is 36.4 Å². The first-order valence-electron chi connectivity index (χ1n) is 8.56. The molecular formula is C21H16N4O3. The monoisotopic (exact) mass is 372 g/mol. The van der Waals surface area contributed by atoms with Crippen LogP contribution in [0.4, 0.5) is 11.4 Å². The van der Waals surface area contributed by atoms with Gasteiger partial charge in [-0.3, -0.25) is 14.7 Å². The summed E-state index contributed by atoms with van der Waals surface area (Å²) in [5, 5.41) is 12.4. The van der Waals surface area contributed by atoms with Crippen LogP contribution in [0, 0.1) is 0 Å². The second kappa shape index (κ2) is 7.63. The molecule has 4 aromatic rings. The third-order valence-electron chi connectivity index (χ3n) is 4.02. The van der Waals surface area contributed by atoms with Crippen molar-refractivity contribution in [3.8, 4) is 11.3 Å². The normalized spacial score (nSPS) is 10.4. The maximum atomic E-state index is 12.5. The number of anilines is 2. The van der Waals surface area contributed by atoms with Crippen LogP contribution in [0.15, 0.2) is 83.5 Å². The van der Waals surface area contributed by atoms with Gasteiger partial charge in [0.1, 0.15) is 5.69 Å². The van der Waals surface area contributed by atoms with Gasteiger partial charge >= 0.3 is 0 Å². The Bertz CT molecular complexity index is 1100. The highest BCUT2D eigenvalue weighted by atomic mass is 16.3. The quantitative estimate of drug-likeness (QED) is 0.489. The standard InChI is InChI=1S/C21H16N4O3/c26-20(18-13-17(24-25-18)14-6-2-1-3-7-14)22-15-8-4-9-16(12-15)23-21(27)19-10-5-11-28-19/h1-13H,(H,22,26)(H,23,27)(H,24,25). The van der Waals surface area contributed by atoms with Crippen molar-refractivity contribution < 1.29 is 14.0 Å². The number of benzene rings is 2. The zero-order valence-corrected chi connectivity index (χ0v) is 14.7. The van der Waals surface area contributed by atoms with E-state index in [4.69, 9.17) is 4.42 Å². The number of amides is 2. The first-order chi connectivity index (χ1) is 13.7. The predicted molar refractivity (Wildman–Crippen MR) is 105 cm³/mol. The van der Waals surface area contributed by atoms with E-state index in [9.17, 15) is 9.59 Å². The molecule has 2 heterocycles. The summed E-state index contributed by atoms with van der Waals surface area (Å²) in [7, 11) is 0. The first-order valence-corrected chi connectivity index (χ1v) is 8.56. The number of aromatic amines is 1. The van der Waals surface area contributed by atoms with Gasteiger partial charge in [-0.05, 0) is 36.4 Å². The van der Waals surface area contributed by atoms with Crippen molar-refractivity contribution in [2.24, 2.45) is 0 Å². The minimum Gasteiger partial charge on any atom is -0.459 e. The molecule has 7 nitrogen and oxygen atoms in total. The zero-order chi connectivity index (χ0) is 19.3. The van der Waals surface area contributed by atoms with Gasteiger partial charge in [-0.25, -0.2) is 0 Å². The lowest BCUT2D eigenvalue weighted by Gasteiger charge is -2.07. The van der Waals surface area contributed by atoms with Crippen molar-refractivity contribution in [3.63, 3.8) is 0 Å². The topological polar surface area (TPSA) is 100 Å². The summed E-state index contributed by atoms with van der Waals surface area (Å²) in [6.07, 6.45) is 1.43. The maximum absolute atomic E-state index is 12.5. The summed E-state index contributed by atoms with van der Waals surface area (Å²) >= 11 is 0. The summed E-state index contributed by atoms with van der Waals surface area (Å²) in [5.74, 6) is -0.487. The van der Waals surface area contributed by atoms with Crippen LogP contribution in [0.25, 0.3) is 11.3 Å². The molecule has 0 saturated heterocycles. The fourth-order valence-corrected chi connectivity index (χ4v) is 2.67. The molecule has 0 aliphatic heterocycles. The molecule has 0 radical (unpaired) electrons. The Labute approximate surface area is 160 Å². The van der Waals surface area contributed by atoms with Crippen molar-refractivity contribution in [1.29, 1.82) is 0 Å². The largest absolute Gasteiger partial charge is 0.459 e. The summed E-state index contributed by atoms with van der Waals surface area (Å²) in [6.45, 7) is 0. The maximum Gasteiger partial charge on any atom is 0.291 e. The van der Waals surface area contributed by atoms with Crippen LogP contribution in [0.1, 0.15) is 21.0 Å². The lowest BCUT2D eigenvalue weighted by atomic mass is 10.1. The van der Waals surface area contributed by atoms with E-state index in [-0.39, 0.29) is 17.6 Å². The number of aromatic nitrogens is 2. The summed E-state index contributed by atoms with van der Waals surface area (Å²) in [6, 6.07) is 21.3. The van der Waals surface area contributed by atoms with E-state index in [2.05, 4.69) is 20.8 Å². The van der Waals surface area contributed by atoms with Gasteiger partial charge < -0.3 is 15.1 Å². The van der Waals surface area contributed by atoms with E-state index in [1.165, 1.54) is 6.26 Å². The Balaban J connectivity index is 1.45. The molecule has 0 bridgehead atoms. The van der Waals surface area contributed by atoms with Crippen molar-refractivity contribution in [3.05, 3.63) is 90.5 Å². The SMILES string of the molecule is O=C(Nc1cccc(NC(=O)c2ccco2)c1)c1cc(-c2ccccc2)n[nH]1. The number of carbonyl (C=O) groups excluding carboxylic acids is 2. The Kier molecular flexibility index (Phi) is 4.71. The fourth-order valence-electron chi connectivity index (χ4n) is 2.67. The predicted octanol–water partition coefficient (Wildman–Crippen LogP) is 4.17. The second-order valence-electron chi connectivity index (χ2n) is 6.00. The summed E-state index contributed by atoms with van der Waals surface area (Å²) in [5.41, 5.74) is 3.02. The third kappa shape index (κ3) is 3.83. The minimum absolute atomic E-state index is 0.209. The van der Waals surface area contributed by atoms with E-state index in [0.717, 1.165) is 5.56 Å². The lowest BCUT2D eigenvalue weighted by Crippen LogP contribution is -2.14. The number of nitrogens with zero attached hydrogens (tertiary/aromatic N) is 1. The fraction of sp³-hybridized carbons (Fsp3) is 0. The molecule has 0 saturated carbocycles. The number of furan rings is 1. The number of hydrogen-bond donors (Lipinski definition) is 3. The van der Waals surface area contributed by atoms with Crippen molar-refractivity contribution in [2.45, 2.75) is 0 Å². The van der Waals surface area contributed by atoms with Crippen LogP contribution >= 0.6 is 0 Å². The number of rotatable bonds is 5. The molecule has 28 heavy (non-hydrogen) atoms. The molecule has 4 rings (SSSR count). The minimum atomic E-state index is -0.366. The average molecular weight is 372 g/mol. The molecule has 0 spiro atoms. The molecule has 7 heteroatoms. The number of carbonyl (C=O) groups is 2. The van der Waals surface area contributed by atoms with Crippen LogP contribution in [0.5, 0.6) is 0 Å². The highest BCUT2D eigenvalue weighted by Gasteiger charge is 2.13. The highest BCUT2D eigenvalue weighted by Crippen LogP contribution is 2.19. The molecule has 138 valence electrons. The molecular weight excluding hydrogens is 356 g/mol. The number of hydrogen-bond acceptors (Lipinski definition) is 4. The van der Waals surface area contributed by atoms with Crippen LogP contribution in [-0.2, 0) is 0 Å². The van der Waals surface area contributed by atoms with Gasteiger partial charge in [0.15, 0.2) is 5.76 Å². The highest BCUT2D eigenvalue weighted by molar-refractivity contribution is 6.05. The van der Waals surface area contributed by atoms with Gasteiger partial charge in [0, 0.05) is 16.9 Å². The van der Waals surface area contributed by atoms with Gasteiger partial charge in [0.05, 0.1) is 12.0 Å². The molecule has 2 aromatic heterocycles. The molecule has 0 atom stereocenters. The Morgan fingerprint density at radius 1 is 0.821 bits per heavy atom. The number of nitrogens with one attached hydrogen (secondary N) is 3. The third-order valence-corrected chi connectivity index (χ3v) is 4.02. The van der Waals surface area contributed by atoms with E-state index >= 15 is 0 Å².